The van der Waals surface area contributed by atoms with Crippen LogP contribution in [0.2, 0.25) is 0 Å². The van der Waals surface area contributed by atoms with Gasteiger partial charge in [-0.1, -0.05) is 17.9 Å². The maximum absolute atomic E-state index is 13.2. The highest BCUT2D eigenvalue weighted by atomic mass is 19.4. The topological polar surface area (TPSA) is 52.6 Å². The number of benzene rings is 1. The van der Waals surface area contributed by atoms with Crippen molar-refractivity contribution in [3.63, 3.8) is 0 Å². The third kappa shape index (κ3) is 4.76. The molecule has 0 radical (unpaired) electrons. The number of piperidine rings is 1. The number of likely N-dealkylation sites (tertiary alicyclic amines) is 1. The molecule has 2 fully saturated rings. The van der Waals surface area contributed by atoms with Gasteiger partial charge in [-0.15, -0.1) is 0 Å². The number of nitrogens with one attached hydrogen (secondary N) is 1. The van der Waals surface area contributed by atoms with E-state index < -0.39 is 23.1 Å². The predicted octanol–water partition coefficient (Wildman–Crippen LogP) is 3.89. The van der Waals surface area contributed by atoms with Crippen LogP contribution in [0.3, 0.4) is 0 Å². The Morgan fingerprint density at radius 2 is 1.93 bits per heavy atom. The van der Waals surface area contributed by atoms with E-state index in [0.29, 0.717) is 12.1 Å². The summed E-state index contributed by atoms with van der Waals surface area (Å²) in [6, 6.07) is 3.63. The lowest BCUT2D eigenvalue weighted by atomic mass is 9.85. The zero-order valence-electron chi connectivity index (χ0n) is 16.8. The lowest BCUT2D eigenvalue weighted by Crippen LogP contribution is -2.50. The Morgan fingerprint density at radius 3 is 2.55 bits per heavy atom. The van der Waals surface area contributed by atoms with Gasteiger partial charge in [0, 0.05) is 17.6 Å². The highest BCUT2D eigenvalue weighted by molar-refractivity contribution is 5.77. The largest absolute Gasteiger partial charge is 0.480 e. The van der Waals surface area contributed by atoms with Crippen molar-refractivity contribution < 1.29 is 23.1 Å². The molecule has 0 amide bonds. The number of carbonyl (C=O) groups is 1. The number of halogens is 3. The van der Waals surface area contributed by atoms with Crippen molar-refractivity contribution in [3.05, 3.63) is 34.9 Å². The van der Waals surface area contributed by atoms with Crippen LogP contribution in [0.15, 0.2) is 18.2 Å². The molecule has 7 heteroatoms. The van der Waals surface area contributed by atoms with Crippen LogP contribution in [-0.2, 0) is 17.5 Å². The molecule has 0 saturated carbocycles. The third-order valence-electron chi connectivity index (χ3n) is 6.12. The first-order valence-corrected chi connectivity index (χ1v) is 9.96. The minimum Gasteiger partial charge on any atom is -0.480 e. The number of hydrogen-bond donors (Lipinski definition) is 2. The molecule has 0 aliphatic carbocycles. The lowest BCUT2D eigenvalue weighted by Gasteiger charge is -2.42. The molecule has 2 aliphatic heterocycles. The van der Waals surface area contributed by atoms with Gasteiger partial charge >= 0.3 is 12.1 Å². The molecular weight excluding hydrogens is 381 g/mol. The van der Waals surface area contributed by atoms with E-state index in [9.17, 15) is 23.1 Å². The molecule has 2 aliphatic rings. The predicted molar refractivity (Wildman–Crippen MR) is 104 cm³/mol. The van der Waals surface area contributed by atoms with Gasteiger partial charge in [0.25, 0.3) is 0 Å². The zero-order valence-corrected chi connectivity index (χ0v) is 16.8. The van der Waals surface area contributed by atoms with Crippen LogP contribution in [0.1, 0.15) is 56.2 Å². The second kappa shape index (κ2) is 8.00. The quantitative estimate of drug-likeness (QED) is 0.746. The number of rotatable bonds is 3. The first-order valence-electron chi connectivity index (χ1n) is 9.96. The molecule has 0 atom stereocenters. The van der Waals surface area contributed by atoms with Crippen molar-refractivity contribution >= 4 is 5.97 Å². The van der Waals surface area contributed by atoms with Gasteiger partial charge in [-0.25, -0.2) is 0 Å². The van der Waals surface area contributed by atoms with Gasteiger partial charge in [-0.05, 0) is 76.9 Å². The van der Waals surface area contributed by atoms with E-state index >= 15 is 0 Å². The summed E-state index contributed by atoms with van der Waals surface area (Å²) >= 11 is 0. The van der Waals surface area contributed by atoms with E-state index in [2.05, 4.69) is 22.1 Å². The molecule has 0 bridgehead atoms. The molecule has 2 heterocycles. The molecule has 1 aromatic rings. The molecule has 158 valence electrons. The SMILES string of the molecule is CC(C)(C#Cc1cc(C(F)(F)F)ccc1CN1CCCC12CCNCC2)C(=O)O. The summed E-state index contributed by atoms with van der Waals surface area (Å²) in [7, 11) is 0. The number of carboxylic acids is 1. The summed E-state index contributed by atoms with van der Waals surface area (Å²) in [5, 5.41) is 12.6. The molecule has 1 aromatic carbocycles. The Hall–Kier alpha value is -2.04. The van der Waals surface area contributed by atoms with Crippen molar-refractivity contribution in [3.8, 4) is 11.8 Å². The summed E-state index contributed by atoms with van der Waals surface area (Å²) < 4.78 is 39.7. The first-order chi connectivity index (χ1) is 13.5. The van der Waals surface area contributed by atoms with E-state index in [4.69, 9.17) is 0 Å². The second-order valence-corrected chi connectivity index (χ2v) is 8.55. The molecule has 3 rings (SSSR count). The highest BCUT2D eigenvalue weighted by Crippen LogP contribution is 2.38. The van der Waals surface area contributed by atoms with Gasteiger partial charge in [0.1, 0.15) is 5.41 Å². The maximum Gasteiger partial charge on any atom is 0.416 e. The Morgan fingerprint density at radius 1 is 1.24 bits per heavy atom. The third-order valence-corrected chi connectivity index (χ3v) is 6.12. The summed E-state index contributed by atoms with van der Waals surface area (Å²) in [5.41, 5.74) is -1.04. The van der Waals surface area contributed by atoms with Gasteiger partial charge < -0.3 is 10.4 Å². The Kier molecular flexibility index (Phi) is 5.98. The van der Waals surface area contributed by atoms with Crippen LogP contribution in [0, 0.1) is 17.3 Å². The molecule has 4 nitrogen and oxygen atoms in total. The average molecular weight is 408 g/mol. The normalized spacial score (nSPS) is 19.8. The lowest BCUT2D eigenvalue weighted by molar-refractivity contribution is -0.143. The number of aliphatic carboxylic acids is 1. The number of alkyl halides is 3. The van der Waals surface area contributed by atoms with Crippen molar-refractivity contribution in [1.29, 1.82) is 0 Å². The van der Waals surface area contributed by atoms with E-state index in [-0.39, 0.29) is 11.1 Å². The van der Waals surface area contributed by atoms with E-state index in [1.54, 1.807) is 0 Å². The van der Waals surface area contributed by atoms with Crippen molar-refractivity contribution in [2.75, 3.05) is 19.6 Å². The van der Waals surface area contributed by atoms with Crippen LogP contribution in [0.4, 0.5) is 13.2 Å². The average Bonchev–Trinajstić information content (AvgIpc) is 3.02. The fourth-order valence-corrected chi connectivity index (χ4v) is 4.19. The molecule has 2 N–H and O–H groups in total. The Balaban J connectivity index is 1.95. The van der Waals surface area contributed by atoms with Gasteiger partial charge in [0.2, 0.25) is 0 Å². The Bertz CT molecular complexity index is 831. The minimum absolute atomic E-state index is 0.0962. The van der Waals surface area contributed by atoms with Gasteiger partial charge in [-0.3, -0.25) is 9.69 Å². The van der Waals surface area contributed by atoms with Crippen molar-refractivity contribution in [2.45, 2.75) is 57.8 Å². The molecular formula is C22H27F3N2O2. The number of nitrogens with zero attached hydrogens (tertiary/aromatic N) is 1. The summed E-state index contributed by atoms with van der Waals surface area (Å²) in [6.07, 6.45) is -0.237. The van der Waals surface area contributed by atoms with Crippen LogP contribution in [0.25, 0.3) is 0 Å². The second-order valence-electron chi connectivity index (χ2n) is 8.55. The smallest absolute Gasteiger partial charge is 0.416 e. The van der Waals surface area contributed by atoms with E-state index in [1.165, 1.54) is 19.9 Å². The summed E-state index contributed by atoms with van der Waals surface area (Å²) in [5.74, 6) is 4.28. The van der Waals surface area contributed by atoms with Crippen LogP contribution >= 0.6 is 0 Å². The molecule has 1 spiro atoms. The van der Waals surface area contributed by atoms with Crippen LogP contribution in [-0.4, -0.2) is 41.1 Å². The highest BCUT2D eigenvalue weighted by Gasteiger charge is 2.41. The molecule has 29 heavy (non-hydrogen) atoms. The monoisotopic (exact) mass is 408 g/mol. The first kappa shape index (κ1) is 21.7. The van der Waals surface area contributed by atoms with E-state index in [1.807, 2.05) is 0 Å². The molecule has 0 unspecified atom stereocenters. The van der Waals surface area contributed by atoms with Gasteiger partial charge in [0.15, 0.2) is 0 Å². The molecule has 0 aromatic heterocycles. The number of hydrogen-bond acceptors (Lipinski definition) is 3. The fraction of sp³-hybridized carbons (Fsp3) is 0.591. The van der Waals surface area contributed by atoms with Crippen LogP contribution < -0.4 is 5.32 Å². The van der Waals surface area contributed by atoms with Gasteiger partial charge in [-0.2, -0.15) is 13.2 Å². The summed E-state index contributed by atoms with van der Waals surface area (Å²) in [6.45, 7) is 6.22. The Labute approximate surface area is 169 Å². The summed E-state index contributed by atoms with van der Waals surface area (Å²) in [4.78, 5) is 13.7. The van der Waals surface area contributed by atoms with Crippen LogP contribution in [0.5, 0.6) is 0 Å². The minimum atomic E-state index is -4.47. The van der Waals surface area contributed by atoms with Gasteiger partial charge in [0.05, 0.1) is 5.56 Å². The number of carboxylic acid groups (broad SMARTS) is 1. The molecule has 2 saturated heterocycles. The van der Waals surface area contributed by atoms with E-state index in [0.717, 1.165) is 57.5 Å². The maximum atomic E-state index is 13.2. The zero-order chi connectivity index (χ0) is 21.3. The fourth-order valence-electron chi connectivity index (χ4n) is 4.19. The standard InChI is InChI=1S/C22H27F3N2O2/c1-20(2,19(28)29)8-6-16-14-18(22(23,24)25)5-4-17(16)15-27-13-3-7-21(27)9-11-26-12-10-21/h4-5,14,26H,3,7,9-13,15H2,1-2H3,(H,28,29). The van der Waals surface area contributed by atoms with Crippen molar-refractivity contribution in [2.24, 2.45) is 5.41 Å². The van der Waals surface area contributed by atoms with Crippen molar-refractivity contribution in [1.82, 2.24) is 10.2 Å².